The summed E-state index contributed by atoms with van der Waals surface area (Å²) < 4.78 is 51.3. The number of ether oxygens (including phenoxy) is 2. The number of aliphatic hydroxyl groups is 1. The van der Waals surface area contributed by atoms with Gasteiger partial charge < -0.3 is 24.8 Å². The lowest BCUT2D eigenvalue weighted by Gasteiger charge is -2.36. The molecule has 2 saturated heterocycles. The van der Waals surface area contributed by atoms with Crippen molar-refractivity contribution in [2.45, 2.75) is 68.3 Å². The Bertz CT molecular complexity index is 1340. The number of hydrogen-bond donors (Lipinski definition) is 3. The fourth-order valence-corrected chi connectivity index (χ4v) is 5.80. The van der Waals surface area contributed by atoms with E-state index in [1.54, 1.807) is 12.1 Å². The molecular weight excluding hydrogens is 575 g/mol. The van der Waals surface area contributed by atoms with Crippen LogP contribution in [0.5, 0.6) is 0 Å². The Hall–Kier alpha value is -3.46. The number of H-pyrrole nitrogens is 1. The highest BCUT2D eigenvalue weighted by Crippen LogP contribution is 2.39. The van der Waals surface area contributed by atoms with Crippen LogP contribution in [0.15, 0.2) is 60.0 Å². The number of thioether (sulfide) groups is 1. The zero-order chi connectivity index (χ0) is 29.7. The minimum atomic E-state index is -5.02. The van der Waals surface area contributed by atoms with Crippen molar-refractivity contribution in [3.8, 4) is 0 Å². The van der Waals surface area contributed by atoms with Crippen molar-refractivity contribution < 1.29 is 37.3 Å². The van der Waals surface area contributed by atoms with Crippen LogP contribution in [0.25, 0.3) is 0 Å². The predicted molar refractivity (Wildman–Crippen MR) is 145 cm³/mol. The number of halogens is 3. The fraction of sp³-hybridized carbons (Fsp3) is 0.429. The summed E-state index contributed by atoms with van der Waals surface area (Å²) in [4.78, 5) is 29.1. The quantitative estimate of drug-likeness (QED) is 0.314. The molecule has 42 heavy (non-hydrogen) atoms. The van der Waals surface area contributed by atoms with E-state index in [2.05, 4.69) is 20.5 Å². The highest BCUT2D eigenvalue weighted by atomic mass is 32.2. The highest BCUT2D eigenvalue weighted by molar-refractivity contribution is 7.99. The zero-order valence-corrected chi connectivity index (χ0v) is 23.2. The lowest BCUT2D eigenvalue weighted by Crippen LogP contribution is -2.50. The number of aromatic nitrogens is 3. The van der Waals surface area contributed by atoms with Gasteiger partial charge in [-0.15, -0.1) is 0 Å². The van der Waals surface area contributed by atoms with Gasteiger partial charge in [0, 0.05) is 30.8 Å². The SMILES string of the molecule is O=C(NCc1ccc([C@H]2O[C@@H](CSc3ncn[nH]3)C[C@@H](c3ccc(CO)cc3)O2)cc1)[C@@H]1CCCN1C(=O)C(F)(F)F. The summed E-state index contributed by atoms with van der Waals surface area (Å²) in [6, 6.07) is 13.6. The minimum absolute atomic E-state index is 0.0502. The van der Waals surface area contributed by atoms with E-state index in [4.69, 9.17) is 9.47 Å². The van der Waals surface area contributed by atoms with E-state index in [1.807, 2.05) is 36.4 Å². The Labute approximate surface area is 244 Å². The van der Waals surface area contributed by atoms with Crippen LogP contribution in [0.4, 0.5) is 13.2 Å². The van der Waals surface area contributed by atoms with Gasteiger partial charge in [0.25, 0.3) is 0 Å². The molecular formula is C28H30F3N5O5S. The Balaban J connectivity index is 1.23. The maximum atomic E-state index is 12.9. The maximum absolute atomic E-state index is 12.9. The number of nitrogens with one attached hydrogen (secondary N) is 2. The van der Waals surface area contributed by atoms with Gasteiger partial charge in [-0.2, -0.15) is 18.3 Å². The number of carbonyl (C=O) groups excluding carboxylic acids is 2. The lowest BCUT2D eigenvalue weighted by atomic mass is 10.0. The number of likely N-dealkylation sites (tertiary alicyclic amines) is 1. The largest absolute Gasteiger partial charge is 0.471 e. The summed E-state index contributed by atoms with van der Waals surface area (Å²) in [5, 5.41) is 19.4. The van der Waals surface area contributed by atoms with Gasteiger partial charge >= 0.3 is 12.1 Å². The summed E-state index contributed by atoms with van der Waals surface area (Å²) in [7, 11) is 0. The molecule has 0 unspecified atom stereocenters. The van der Waals surface area contributed by atoms with Gasteiger partial charge in [0.15, 0.2) is 11.4 Å². The Morgan fingerprint density at radius 1 is 1.07 bits per heavy atom. The first-order valence-corrected chi connectivity index (χ1v) is 14.4. The number of benzene rings is 2. The van der Waals surface area contributed by atoms with E-state index in [0.717, 1.165) is 22.3 Å². The third kappa shape index (κ3) is 7.30. The molecule has 14 heteroatoms. The molecule has 224 valence electrons. The number of rotatable bonds is 9. The van der Waals surface area contributed by atoms with E-state index >= 15 is 0 Å². The second kappa shape index (κ2) is 13.2. The highest BCUT2D eigenvalue weighted by Gasteiger charge is 2.47. The first-order valence-electron chi connectivity index (χ1n) is 13.4. The van der Waals surface area contributed by atoms with E-state index in [-0.39, 0.29) is 38.3 Å². The lowest BCUT2D eigenvalue weighted by molar-refractivity contribution is -0.245. The number of nitrogens with zero attached hydrogens (tertiary/aromatic N) is 3. The van der Waals surface area contributed by atoms with E-state index in [1.165, 1.54) is 18.1 Å². The third-order valence-corrected chi connectivity index (χ3v) is 8.20. The van der Waals surface area contributed by atoms with Gasteiger partial charge in [0.1, 0.15) is 12.4 Å². The predicted octanol–water partition coefficient (Wildman–Crippen LogP) is 3.80. The second-order valence-corrected chi connectivity index (χ2v) is 11.1. The molecule has 3 heterocycles. The number of alkyl halides is 3. The normalized spacial score (nSPS) is 22.7. The van der Waals surface area contributed by atoms with Gasteiger partial charge in [-0.1, -0.05) is 60.3 Å². The van der Waals surface area contributed by atoms with E-state index < -0.39 is 30.3 Å². The second-order valence-electron chi connectivity index (χ2n) is 10.1. The van der Waals surface area contributed by atoms with Crippen molar-refractivity contribution in [2.24, 2.45) is 0 Å². The molecule has 10 nitrogen and oxygen atoms in total. The smallest absolute Gasteiger partial charge is 0.392 e. The van der Waals surface area contributed by atoms with Crippen LogP contribution in [0, 0.1) is 0 Å². The molecule has 0 aliphatic carbocycles. The summed E-state index contributed by atoms with van der Waals surface area (Å²) in [6.45, 7) is -0.0608. The van der Waals surface area contributed by atoms with Crippen molar-refractivity contribution in [3.63, 3.8) is 0 Å². The van der Waals surface area contributed by atoms with Crippen LogP contribution in [-0.2, 0) is 32.2 Å². The zero-order valence-electron chi connectivity index (χ0n) is 22.4. The van der Waals surface area contributed by atoms with Gasteiger partial charge in [-0.25, -0.2) is 4.98 Å². The van der Waals surface area contributed by atoms with Crippen LogP contribution in [0.3, 0.4) is 0 Å². The molecule has 5 rings (SSSR count). The maximum Gasteiger partial charge on any atom is 0.471 e. The van der Waals surface area contributed by atoms with Crippen LogP contribution in [0.1, 0.15) is 53.9 Å². The minimum Gasteiger partial charge on any atom is -0.392 e. The molecule has 2 aliphatic rings. The van der Waals surface area contributed by atoms with Crippen LogP contribution >= 0.6 is 11.8 Å². The Morgan fingerprint density at radius 3 is 2.45 bits per heavy atom. The number of carbonyl (C=O) groups is 2. The van der Waals surface area contributed by atoms with Crippen molar-refractivity contribution in [2.75, 3.05) is 12.3 Å². The van der Waals surface area contributed by atoms with Crippen molar-refractivity contribution in [3.05, 3.63) is 77.1 Å². The fourth-order valence-electron chi connectivity index (χ4n) is 5.00. The average Bonchev–Trinajstić information content (AvgIpc) is 3.71. The van der Waals surface area contributed by atoms with Crippen molar-refractivity contribution in [1.29, 1.82) is 0 Å². The molecule has 0 radical (unpaired) electrons. The molecule has 2 aliphatic heterocycles. The Morgan fingerprint density at radius 2 is 1.79 bits per heavy atom. The van der Waals surface area contributed by atoms with E-state index in [0.29, 0.717) is 28.7 Å². The topological polar surface area (TPSA) is 130 Å². The molecule has 3 N–H and O–H groups in total. The molecule has 0 saturated carbocycles. The average molecular weight is 606 g/mol. The molecule has 0 bridgehead atoms. The third-order valence-electron chi connectivity index (χ3n) is 7.19. The van der Waals surface area contributed by atoms with Crippen molar-refractivity contribution >= 4 is 23.6 Å². The van der Waals surface area contributed by atoms with Gasteiger partial charge in [-0.05, 0) is 29.5 Å². The van der Waals surface area contributed by atoms with Gasteiger partial charge in [-0.3, -0.25) is 14.7 Å². The number of amides is 2. The van der Waals surface area contributed by atoms with Crippen LogP contribution < -0.4 is 5.32 Å². The van der Waals surface area contributed by atoms with Crippen LogP contribution in [-0.4, -0.2) is 67.6 Å². The molecule has 0 spiro atoms. The molecule has 2 fully saturated rings. The first-order chi connectivity index (χ1) is 20.2. The number of aromatic amines is 1. The Kier molecular flexibility index (Phi) is 9.46. The summed E-state index contributed by atoms with van der Waals surface area (Å²) in [5.74, 6) is -1.99. The number of hydrogen-bond acceptors (Lipinski definition) is 8. The van der Waals surface area contributed by atoms with E-state index in [9.17, 15) is 27.9 Å². The van der Waals surface area contributed by atoms with Gasteiger partial charge in [0.05, 0.1) is 18.8 Å². The number of aliphatic hydroxyl groups excluding tert-OH is 1. The molecule has 2 aromatic carbocycles. The van der Waals surface area contributed by atoms with Crippen molar-refractivity contribution in [1.82, 2.24) is 25.4 Å². The molecule has 4 atom stereocenters. The van der Waals surface area contributed by atoms with Gasteiger partial charge in [0.2, 0.25) is 5.91 Å². The first kappa shape index (κ1) is 30.0. The standard InChI is InChI=1S/C28H30F3N5O5S/c29-28(30,31)26(39)36-11-1-2-22(36)24(38)32-13-17-3-9-20(10-4-17)25-40-21(15-42-27-33-16-34-35-27)12-23(41-25)19-7-5-18(14-37)6-8-19/h3-10,16,21-23,25,37H,1-2,11-15H2,(H,32,38)(H,33,34,35)/t21-,22+,23+,25+/m1/s1. The summed E-state index contributed by atoms with van der Waals surface area (Å²) in [5.41, 5.74) is 3.24. The molecule has 2 amide bonds. The van der Waals surface area contributed by atoms with Crippen LogP contribution in [0.2, 0.25) is 0 Å². The monoisotopic (exact) mass is 605 g/mol. The molecule has 1 aromatic heterocycles. The summed E-state index contributed by atoms with van der Waals surface area (Å²) >= 11 is 1.49. The summed E-state index contributed by atoms with van der Waals surface area (Å²) in [6.07, 6.45) is -3.56. The molecule has 3 aromatic rings.